The van der Waals surface area contributed by atoms with Crippen molar-refractivity contribution < 1.29 is 0 Å². The van der Waals surface area contributed by atoms with Crippen LogP contribution >= 0.6 is 0 Å². The van der Waals surface area contributed by atoms with Crippen LogP contribution in [0.2, 0.25) is 0 Å². The summed E-state index contributed by atoms with van der Waals surface area (Å²) in [5.41, 5.74) is 0. The van der Waals surface area contributed by atoms with Gasteiger partial charge in [0.2, 0.25) is 0 Å². The van der Waals surface area contributed by atoms with Crippen molar-refractivity contribution in [3.8, 4) is 0 Å². The van der Waals surface area contributed by atoms with E-state index < -0.39 is 0 Å². The smallest absolute Gasteiger partial charge is 0.00927 e. The SMILES string of the molecule is CCCC(CC)N1CC2CN(CC)CC2C1. The van der Waals surface area contributed by atoms with Gasteiger partial charge in [-0.05, 0) is 31.2 Å². The fourth-order valence-electron chi connectivity index (χ4n) is 3.66. The average molecular weight is 224 g/mol. The Hall–Kier alpha value is -0.0800. The molecule has 0 amide bonds. The second-order valence-corrected chi connectivity index (χ2v) is 5.68. The molecular formula is C14H28N2. The molecule has 2 aliphatic rings. The molecule has 2 heteroatoms. The van der Waals surface area contributed by atoms with Gasteiger partial charge >= 0.3 is 0 Å². The maximum atomic E-state index is 2.78. The molecule has 2 aliphatic heterocycles. The van der Waals surface area contributed by atoms with E-state index in [2.05, 4.69) is 30.6 Å². The van der Waals surface area contributed by atoms with Crippen LogP contribution in [-0.4, -0.2) is 48.6 Å². The van der Waals surface area contributed by atoms with Crippen molar-refractivity contribution in [2.75, 3.05) is 32.7 Å². The second kappa shape index (κ2) is 5.50. The zero-order valence-electron chi connectivity index (χ0n) is 11.3. The highest BCUT2D eigenvalue weighted by molar-refractivity contribution is 4.94. The fraction of sp³-hybridized carbons (Fsp3) is 1.00. The minimum absolute atomic E-state index is 0.866. The third kappa shape index (κ3) is 2.43. The predicted molar refractivity (Wildman–Crippen MR) is 69.7 cm³/mol. The van der Waals surface area contributed by atoms with Crippen LogP contribution in [0.1, 0.15) is 40.0 Å². The van der Waals surface area contributed by atoms with Crippen LogP contribution in [0.5, 0.6) is 0 Å². The molecule has 2 rings (SSSR count). The molecule has 2 fully saturated rings. The van der Waals surface area contributed by atoms with Crippen LogP contribution < -0.4 is 0 Å². The number of likely N-dealkylation sites (tertiary alicyclic amines) is 2. The van der Waals surface area contributed by atoms with Gasteiger partial charge in [-0.25, -0.2) is 0 Å². The highest BCUT2D eigenvalue weighted by atomic mass is 15.2. The number of hydrogen-bond acceptors (Lipinski definition) is 2. The Balaban J connectivity index is 1.85. The Labute approximate surface area is 101 Å². The van der Waals surface area contributed by atoms with Crippen LogP contribution in [0.15, 0.2) is 0 Å². The van der Waals surface area contributed by atoms with Gasteiger partial charge in [-0.3, -0.25) is 4.90 Å². The molecule has 2 saturated heterocycles. The normalized spacial score (nSPS) is 33.2. The topological polar surface area (TPSA) is 6.48 Å². The maximum Gasteiger partial charge on any atom is 0.00927 e. The van der Waals surface area contributed by atoms with E-state index in [1.54, 1.807) is 0 Å². The molecule has 3 unspecified atom stereocenters. The average Bonchev–Trinajstić information content (AvgIpc) is 2.82. The van der Waals surface area contributed by atoms with Crippen LogP contribution in [0.3, 0.4) is 0 Å². The number of nitrogens with zero attached hydrogens (tertiary/aromatic N) is 2. The highest BCUT2D eigenvalue weighted by Gasteiger charge is 2.40. The second-order valence-electron chi connectivity index (χ2n) is 5.68. The van der Waals surface area contributed by atoms with Gasteiger partial charge in [0, 0.05) is 32.2 Å². The van der Waals surface area contributed by atoms with E-state index in [9.17, 15) is 0 Å². The monoisotopic (exact) mass is 224 g/mol. The van der Waals surface area contributed by atoms with E-state index in [-0.39, 0.29) is 0 Å². The van der Waals surface area contributed by atoms with E-state index in [1.807, 2.05) is 0 Å². The summed E-state index contributed by atoms with van der Waals surface area (Å²) in [6, 6.07) is 0.866. The molecular weight excluding hydrogens is 196 g/mol. The summed E-state index contributed by atoms with van der Waals surface area (Å²) in [5.74, 6) is 1.96. The van der Waals surface area contributed by atoms with Gasteiger partial charge in [0.15, 0.2) is 0 Å². The first-order chi connectivity index (χ1) is 7.78. The minimum Gasteiger partial charge on any atom is -0.303 e. The molecule has 2 heterocycles. The third-order valence-electron chi connectivity index (χ3n) is 4.65. The van der Waals surface area contributed by atoms with Crippen molar-refractivity contribution in [3.05, 3.63) is 0 Å². The first-order valence-electron chi connectivity index (χ1n) is 7.24. The fourth-order valence-corrected chi connectivity index (χ4v) is 3.66. The lowest BCUT2D eigenvalue weighted by molar-refractivity contribution is 0.191. The predicted octanol–water partition coefficient (Wildman–Crippen LogP) is 2.45. The Bertz CT molecular complexity index is 203. The van der Waals surface area contributed by atoms with Crippen LogP contribution in [0.4, 0.5) is 0 Å². The molecule has 0 N–H and O–H groups in total. The summed E-state index contributed by atoms with van der Waals surface area (Å²) in [6.07, 6.45) is 4.07. The minimum atomic E-state index is 0.866. The van der Waals surface area contributed by atoms with Gasteiger partial charge < -0.3 is 4.90 Å². The Morgan fingerprint density at radius 3 is 2.06 bits per heavy atom. The third-order valence-corrected chi connectivity index (χ3v) is 4.65. The zero-order chi connectivity index (χ0) is 11.5. The van der Waals surface area contributed by atoms with Crippen molar-refractivity contribution in [1.82, 2.24) is 9.80 Å². The summed E-state index contributed by atoms with van der Waals surface area (Å²) in [7, 11) is 0. The molecule has 2 nitrogen and oxygen atoms in total. The van der Waals surface area contributed by atoms with E-state index in [4.69, 9.17) is 0 Å². The lowest BCUT2D eigenvalue weighted by Crippen LogP contribution is -2.36. The molecule has 94 valence electrons. The van der Waals surface area contributed by atoms with E-state index in [0.717, 1.165) is 17.9 Å². The zero-order valence-corrected chi connectivity index (χ0v) is 11.3. The molecule has 0 bridgehead atoms. The van der Waals surface area contributed by atoms with Gasteiger partial charge in [0.05, 0.1) is 0 Å². The van der Waals surface area contributed by atoms with E-state index >= 15 is 0 Å². The van der Waals surface area contributed by atoms with Crippen molar-refractivity contribution in [3.63, 3.8) is 0 Å². The number of hydrogen-bond donors (Lipinski definition) is 0. The van der Waals surface area contributed by atoms with Gasteiger partial charge in [-0.15, -0.1) is 0 Å². The summed E-state index contributed by atoms with van der Waals surface area (Å²) in [6.45, 7) is 13.7. The van der Waals surface area contributed by atoms with Crippen molar-refractivity contribution in [2.24, 2.45) is 11.8 Å². The van der Waals surface area contributed by atoms with Crippen molar-refractivity contribution in [1.29, 1.82) is 0 Å². The Kier molecular flexibility index (Phi) is 4.26. The summed E-state index contributed by atoms with van der Waals surface area (Å²) < 4.78 is 0. The molecule has 0 spiro atoms. The van der Waals surface area contributed by atoms with Crippen LogP contribution in [0.25, 0.3) is 0 Å². The Morgan fingerprint density at radius 1 is 1.00 bits per heavy atom. The lowest BCUT2D eigenvalue weighted by atomic mass is 10.0. The molecule has 0 radical (unpaired) electrons. The maximum absolute atomic E-state index is 2.78. The largest absolute Gasteiger partial charge is 0.303 e. The van der Waals surface area contributed by atoms with Crippen LogP contribution in [0, 0.1) is 11.8 Å². The van der Waals surface area contributed by atoms with Crippen molar-refractivity contribution >= 4 is 0 Å². The van der Waals surface area contributed by atoms with Gasteiger partial charge in [-0.1, -0.05) is 27.2 Å². The van der Waals surface area contributed by atoms with E-state index in [0.29, 0.717) is 0 Å². The van der Waals surface area contributed by atoms with Crippen molar-refractivity contribution in [2.45, 2.75) is 46.1 Å². The lowest BCUT2D eigenvalue weighted by Gasteiger charge is -2.28. The first-order valence-corrected chi connectivity index (χ1v) is 7.24. The van der Waals surface area contributed by atoms with Crippen LogP contribution in [-0.2, 0) is 0 Å². The molecule has 3 atom stereocenters. The summed E-state index contributed by atoms with van der Waals surface area (Å²) in [4.78, 5) is 5.42. The highest BCUT2D eigenvalue weighted by Crippen LogP contribution is 2.33. The summed E-state index contributed by atoms with van der Waals surface area (Å²) in [5, 5.41) is 0. The molecule has 0 saturated carbocycles. The van der Waals surface area contributed by atoms with Gasteiger partial charge in [-0.2, -0.15) is 0 Å². The molecule has 0 aromatic rings. The molecule has 0 aliphatic carbocycles. The first kappa shape index (κ1) is 12.4. The molecule has 16 heavy (non-hydrogen) atoms. The molecule has 0 aromatic heterocycles. The standard InChI is InChI=1S/C14H28N2/c1-4-7-14(5-2)16-10-12-8-15(6-3)9-13(12)11-16/h12-14H,4-11H2,1-3H3. The summed E-state index contributed by atoms with van der Waals surface area (Å²) >= 11 is 0. The number of fused-ring (bicyclic) bond motifs is 1. The number of rotatable bonds is 5. The Morgan fingerprint density at radius 2 is 1.62 bits per heavy atom. The van der Waals surface area contributed by atoms with Gasteiger partial charge in [0.25, 0.3) is 0 Å². The van der Waals surface area contributed by atoms with E-state index in [1.165, 1.54) is 52.0 Å². The molecule has 0 aromatic carbocycles. The quantitative estimate of drug-likeness (QED) is 0.708. The van der Waals surface area contributed by atoms with Gasteiger partial charge in [0.1, 0.15) is 0 Å².